The lowest BCUT2D eigenvalue weighted by Gasteiger charge is -2.05. The molecule has 3 nitrogen and oxygen atoms in total. The fraction of sp³-hybridized carbons (Fsp3) is 0.125. The van der Waals surface area contributed by atoms with E-state index in [4.69, 9.17) is 9.47 Å². The summed E-state index contributed by atoms with van der Waals surface area (Å²) in [6, 6.07) is 1.83. The first kappa shape index (κ1) is 8.77. The molecule has 13 heavy (non-hydrogen) atoms. The Morgan fingerprint density at radius 1 is 1.46 bits per heavy atom. The summed E-state index contributed by atoms with van der Waals surface area (Å²) in [6.45, 7) is 0. The van der Waals surface area contributed by atoms with Crippen LogP contribution in [0.4, 0.5) is 0 Å². The molecule has 0 spiro atoms. The van der Waals surface area contributed by atoms with Crippen LogP contribution < -0.4 is 0 Å². The van der Waals surface area contributed by atoms with E-state index in [1.807, 2.05) is 6.07 Å². The van der Waals surface area contributed by atoms with E-state index in [1.54, 1.807) is 0 Å². The number of hydrogen-bond acceptors (Lipinski definition) is 4. The largest absolute Gasteiger partial charge is 0.454 e. The SMILES string of the molecule is O=Cc1sc(C2OC=CO2)cc1Br. The molecule has 0 unspecified atom stereocenters. The van der Waals surface area contributed by atoms with Gasteiger partial charge in [-0.2, -0.15) is 0 Å². The fourth-order valence-electron chi connectivity index (χ4n) is 0.971. The number of hydrogen-bond donors (Lipinski definition) is 0. The molecule has 0 bridgehead atoms. The molecule has 0 N–H and O–H groups in total. The highest BCUT2D eigenvalue weighted by Gasteiger charge is 2.19. The Bertz CT molecular complexity index is 350. The maximum Gasteiger partial charge on any atom is 0.275 e. The predicted molar refractivity (Wildman–Crippen MR) is 51.5 cm³/mol. The van der Waals surface area contributed by atoms with Crippen LogP contribution in [-0.4, -0.2) is 6.29 Å². The van der Waals surface area contributed by atoms with E-state index >= 15 is 0 Å². The lowest BCUT2D eigenvalue weighted by molar-refractivity contribution is -0.0217. The Morgan fingerprint density at radius 2 is 2.15 bits per heavy atom. The Hall–Kier alpha value is -0.810. The molecule has 2 heterocycles. The third-order valence-electron chi connectivity index (χ3n) is 1.53. The standard InChI is InChI=1S/C8H5BrO3S/c9-5-3-6(13-7(5)4-10)8-11-1-2-12-8/h1-4,8H. The first-order valence-corrected chi connectivity index (χ1v) is 5.12. The molecular formula is C8H5BrO3S. The lowest BCUT2D eigenvalue weighted by Crippen LogP contribution is -1.93. The van der Waals surface area contributed by atoms with Crippen LogP contribution in [0.15, 0.2) is 23.1 Å². The molecule has 68 valence electrons. The number of carbonyl (C=O) groups is 1. The zero-order valence-electron chi connectivity index (χ0n) is 6.40. The van der Waals surface area contributed by atoms with E-state index in [9.17, 15) is 4.79 Å². The van der Waals surface area contributed by atoms with Crippen molar-refractivity contribution >= 4 is 33.6 Å². The highest BCUT2D eigenvalue weighted by atomic mass is 79.9. The van der Waals surface area contributed by atoms with E-state index in [1.165, 1.54) is 23.9 Å². The van der Waals surface area contributed by atoms with Gasteiger partial charge in [-0.25, -0.2) is 0 Å². The lowest BCUT2D eigenvalue weighted by atomic mass is 10.4. The minimum absolute atomic E-state index is 0.394. The van der Waals surface area contributed by atoms with Crippen LogP contribution in [0.5, 0.6) is 0 Å². The van der Waals surface area contributed by atoms with Crippen molar-refractivity contribution in [3.8, 4) is 0 Å². The normalized spacial score (nSPS) is 15.5. The summed E-state index contributed by atoms with van der Waals surface area (Å²) in [5.41, 5.74) is 0. The van der Waals surface area contributed by atoms with Crippen LogP contribution in [0.2, 0.25) is 0 Å². The Kier molecular flexibility index (Phi) is 2.37. The number of ether oxygens (including phenoxy) is 2. The first-order valence-electron chi connectivity index (χ1n) is 3.51. The highest BCUT2D eigenvalue weighted by Crippen LogP contribution is 2.34. The van der Waals surface area contributed by atoms with Crippen LogP contribution in [0, 0.1) is 0 Å². The maximum atomic E-state index is 10.5. The summed E-state index contributed by atoms with van der Waals surface area (Å²) in [6.07, 6.45) is 3.38. The van der Waals surface area contributed by atoms with Crippen LogP contribution >= 0.6 is 27.3 Å². The van der Waals surface area contributed by atoms with E-state index in [-0.39, 0.29) is 0 Å². The molecule has 5 heteroatoms. The minimum atomic E-state index is -0.394. The third kappa shape index (κ3) is 1.62. The average Bonchev–Trinajstić information content (AvgIpc) is 2.71. The minimum Gasteiger partial charge on any atom is -0.454 e. The maximum absolute atomic E-state index is 10.5. The number of halogens is 1. The Morgan fingerprint density at radius 3 is 2.69 bits per heavy atom. The van der Waals surface area contributed by atoms with Gasteiger partial charge in [-0.1, -0.05) is 0 Å². The smallest absolute Gasteiger partial charge is 0.275 e. The number of rotatable bonds is 2. The fourth-order valence-corrected chi connectivity index (χ4v) is 2.55. The van der Waals surface area contributed by atoms with Gasteiger partial charge < -0.3 is 9.47 Å². The van der Waals surface area contributed by atoms with Crippen molar-refractivity contribution in [1.82, 2.24) is 0 Å². The molecule has 0 saturated heterocycles. The second-order valence-electron chi connectivity index (χ2n) is 2.36. The molecule has 0 amide bonds. The summed E-state index contributed by atoms with van der Waals surface area (Å²) in [5.74, 6) is 0. The molecule has 1 aliphatic rings. The number of thiophene rings is 1. The second-order valence-corrected chi connectivity index (χ2v) is 4.32. The van der Waals surface area contributed by atoms with Crippen molar-refractivity contribution in [3.63, 3.8) is 0 Å². The van der Waals surface area contributed by atoms with Crippen molar-refractivity contribution in [2.75, 3.05) is 0 Å². The molecule has 0 saturated carbocycles. The van der Waals surface area contributed by atoms with E-state index in [0.717, 1.165) is 15.6 Å². The van der Waals surface area contributed by atoms with Gasteiger partial charge in [0.2, 0.25) is 0 Å². The van der Waals surface area contributed by atoms with Crippen molar-refractivity contribution < 1.29 is 14.3 Å². The monoisotopic (exact) mass is 260 g/mol. The van der Waals surface area contributed by atoms with Gasteiger partial charge in [0.1, 0.15) is 12.5 Å². The van der Waals surface area contributed by atoms with Gasteiger partial charge in [-0.15, -0.1) is 11.3 Å². The molecule has 0 radical (unpaired) electrons. The predicted octanol–water partition coefficient (Wildman–Crippen LogP) is 2.84. The molecule has 1 aromatic rings. The van der Waals surface area contributed by atoms with E-state index in [0.29, 0.717) is 4.88 Å². The van der Waals surface area contributed by atoms with Crippen molar-refractivity contribution in [1.29, 1.82) is 0 Å². The molecule has 2 rings (SSSR count). The zero-order valence-corrected chi connectivity index (χ0v) is 8.80. The molecule has 0 aliphatic carbocycles. The van der Waals surface area contributed by atoms with Gasteiger partial charge in [0.05, 0.1) is 9.75 Å². The first-order chi connectivity index (χ1) is 6.31. The zero-order chi connectivity index (χ0) is 9.26. The van der Waals surface area contributed by atoms with Gasteiger partial charge in [0, 0.05) is 4.47 Å². The van der Waals surface area contributed by atoms with Crippen molar-refractivity contribution in [2.45, 2.75) is 6.29 Å². The van der Waals surface area contributed by atoms with E-state index < -0.39 is 6.29 Å². The Balaban J connectivity index is 2.25. The third-order valence-corrected chi connectivity index (χ3v) is 3.53. The van der Waals surface area contributed by atoms with Crippen molar-refractivity contribution in [3.05, 3.63) is 32.8 Å². The van der Waals surface area contributed by atoms with Gasteiger partial charge in [0.15, 0.2) is 6.29 Å². The van der Waals surface area contributed by atoms with Gasteiger partial charge in [0.25, 0.3) is 6.29 Å². The molecular weight excluding hydrogens is 256 g/mol. The average molecular weight is 261 g/mol. The number of carbonyl (C=O) groups excluding carboxylic acids is 1. The molecule has 1 aliphatic heterocycles. The topological polar surface area (TPSA) is 35.5 Å². The quantitative estimate of drug-likeness (QED) is 0.768. The van der Waals surface area contributed by atoms with Gasteiger partial charge >= 0.3 is 0 Å². The Labute approximate surface area is 87.1 Å². The molecule has 0 aromatic carbocycles. The summed E-state index contributed by atoms with van der Waals surface area (Å²) in [4.78, 5) is 12.1. The molecule has 1 aromatic heterocycles. The van der Waals surface area contributed by atoms with Crippen LogP contribution in [0.25, 0.3) is 0 Å². The summed E-state index contributed by atoms with van der Waals surface area (Å²) in [5, 5.41) is 0. The van der Waals surface area contributed by atoms with Gasteiger partial charge in [-0.3, -0.25) is 4.79 Å². The summed E-state index contributed by atoms with van der Waals surface area (Å²) < 4.78 is 11.0. The van der Waals surface area contributed by atoms with Crippen molar-refractivity contribution in [2.24, 2.45) is 0 Å². The summed E-state index contributed by atoms with van der Waals surface area (Å²) >= 11 is 4.62. The highest BCUT2D eigenvalue weighted by molar-refractivity contribution is 9.10. The van der Waals surface area contributed by atoms with Crippen LogP contribution in [-0.2, 0) is 9.47 Å². The van der Waals surface area contributed by atoms with Crippen LogP contribution in [0.3, 0.4) is 0 Å². The number of aldehydes is 1. The second kappa shape index (κ2) is 3.51. The summed E-state index contributed by atoms with van der Waals surface area (Å²) in [7, 11) is 0. The molecule has 0 atom stereocenters. The van der Waals surface area contributed by atoms with Gasteiger partial charge in [-0.05, 0) is 22.0 Å². The molecule has 0 fully saturated rings. The van der Waals surface area contributed by atoms with E-state index in [2.05, 4.69) is 15.9 Å². The van der Waals surface area contributed by atoms with Crippen LogP contribution in [0.1, 0.15) is 20.8 Å².